The SMILES string of the molecule is CN1CCC(N(C)CCC(=O)O)C1=O. The van der Waals surface area contributed by atoms with E-state index in [9.17, 15) is 9.59 Å². The highest BCUT2D eigenvalue weighted by atomic mass is 16.4. The molecule has 0 radical (unpaired) electrons. The van der Waals surface area contributed by atoms with Crippen LogP contribution in [0.3, 0.4) is 0 Å². The fourth-order valence-corrected chi connectivity index (χ4v) is 1.64. The van der Waals surface area contributed by atoms with Crippen molar-refractivity contribution in [2.45, 2.75) is 18.9 Å². The summed E-state index contributed by atoms with van der Waals surface area (Å²) in [5.74, 6) is -0.728. The molecule has 0 aliphatic carbocycles. The molecule has 1 aliphatic heterocycles. The smallest absolute Gasteiger partial charge is 0.304 e. The molecular formula is C9H16N2O3. The van der Waals surface area contributed by atoms with Gasteiger partial charge in [-0.2, -0.15) is 0 Å². The highest BCUT2D eigenvalue weighted by molar-refractivity contribution is 5.83. The lowest BCUT2D eigenvalue weighted by molar-refractivity contribution is -0.138. The topological polar surface area (TPSA) is 60.9 Å². The van der Waals surface area contributed by atoms with Crippen LogP contribution in [0.4, 0.5) is 0 Å². The summed E-state index contributed by atoms with van der Waals surface area (Å²) in [6.07, 6.45) is 0.884. The summed E-state index contributed by atoms with van der Waals surface area (Å²) in [4.78, 5) is 25.4. The number of likely N-dealkylation sites (tertiary alicyclic amines) is 1. The number of amides is 1. The van der Waals surface area contributed by atoms with Crippen LogP contribution in [0, 0.1) is 0 Å². The number of carbonyl (C=O) groups is 2. The highest BCUT2D eigenvalue weighted by Gasteiger charge is 2.31. The monoisotopic (exact) mass is 200 g/mol. The van der Waals surface area contributed by atoms with Gasteiger partial charge in [-0.25, -0.2) is 0 Å². The Labute approximate surface area is 83.3 Å². The predicted molar refractivity (Wildman–Crippen MR) is 50.9 cm³/mol. The van der Waals surface area contributed by atoms with Gasteiger partial charge in [-0.3, -0.25) is 14.5 Å². The molecule has 1 saturated heterocycles. The maximum absolute atomic E-state index is 11.5. The van der Waals surface area contributed by atoms with Crippen molar-refractivity contribution in [3.8, 4) is 0 Å². The summed E-state index contributed by atoms with van der Waals surface area (Å²) in [6, 6.07) is -0.126. The lowest BCUT2D eigenvalue weighted by Crippen LogP contribution is -2.39. The van der Waals surface area contributed by atoms with Gasteiger partial charge in [0.2, 0.25) is 5.91 Å². The van der Waals surface area contributed by atoms with Gasteiger partial charge in [-0.1, -0.05) is 0 Å². The number of carboxylic acids is 1. The van der Waals surface area contributed by atoms with E-state index in [-0.39, 0.29) is 18.4 Å². The Hall–Kier alpha value is -1.10. The van der Waals surface area contributed by atoms with Crippen molar-refractivity contribution >= 4 is 11.9 Å². The summed E-state index contributed by atoms with van der Waals surface area (Å²) in [5, 5.41) is 8.50. The van der Waals surface area contributed by atoms with Crippen molar-refractivity contribution < 1.29 is 14.7 Å². The van der Waals surface area contributed by atoms with E-state index in [1.165, 1.54) is 0 Å². The van der Waals surface area contributed by atoms with Gasteiger partial charge in [0.15, 0.2) is 0 Å². The molecule has 1 fully saturated rings. The van der Waals surface area contributed by atoms with Crippen LogP contribution in [0.5, 0.6) is 0 Å². The second-order valence-electron chi connectivity index (χ2n) is 3.69. The molecule has 0 spiro atoms. The third kappa shape index (κ3) is 2.45. The van der Waals surface area contributed by atoms with E-state index in [1.807, 2.05) is 4.90 Å². The molecule has 80 valence electrons. The van der Waals surface area contributed by atoms with Gasteiger partial charge in [-0.05, 0) is 13.5 Å². The van der Waals surface area contributed by atoms with Gasteiger partial charge in [0.05, 0.1) is 12.5 Å². The molecule has 1 heterocycles. The molecule has 14 heavy (non-hydrogen) atoms. The summed E-state index contributed by atoms with van der Waals surface area (Å²) in [5.41, 5.74) is 0. The summed E-state index contributed by atoms with van der Waals surface area (Å²) in [6.45, 7) is 1.19. The Bertz CT molecular complexity index is 242. The van der Waals surface area contributed by atoms with Crippen LogP contribution in [-0.4, -0.2) is 60.0 Å². The molecule has 5 heteroatoms. The number of likely N-dealkylation sites (N-methyl/N-ethyl adjacent to an activating group) is 2. The van der Waals surface area contributed by atoms with E-state index in [0.717, 1.165) is 13.0 Å². The maximum atomic E-state index is 11.5. The molecule has 0 aromatic rings. The normalized spacial score (nSPS) is 22.1. The molecule has 5 nitrogen and oxygen atoms in total. The third-order valence-electron chi connectivity index (χ3n) is 2.61. The number of rotatable bonds is 4. The standard InChI is InChI=1S/C9H16N2O3/c1-10(6-4-8(12)13)7-3-5-11(2)9(7)14/h7H,3-6H2,1-2H3,(H,12,13). The van der Waals surface area contributed by atoms with Crippen molar-refractivity contribution in [1.82, 2.24) is 9.80 Å². The number of hydrogen-bond acceptors (Lipinski definition) is 3. The average molecular weight is 200 g/mol. The van der Waals surface area contributed by atoms with Crippen molar-refractivity contribution in [3.05, 3.63) is 0 Å². The van der Waals surface area contributed by atoms with Crippen LogP contribution >= 0.6 is 0 Å². The number of hydrogen-bond donors (Lipinski definition) is 1. The van der Waals surface area contributed by atoms with E-state index >= 15 is 0 Å². The summed E-state index contributed by atoms with van der Waals surface area (Å²) in [7, 11) is 3.57. The molecule has 0 aromatic heterocycles. The number of carboxylic acid groups (broad SMARTS) is 1. The first-order chi connectivity index (χ1) is 6.52. The first kappa shape index (κ1) is 11.0. The van der Waals surface area contributed by atoms with Gasteiger partial charge in [-0.15, -0.1) is 0 Å². The van der Waals surface area contributed by atoms with Crippen LogP contribution in [0.25, 0.3) is 0 Å². The second kappa shape index (κ2) is 4.41. The molecule has 1 atom stereocenters. The second-order valence-corrected chi connectivity index (χ2v) is 3.69. The lowest BCUT2D eigenvalue weighted by Gasteiger charge is -2.21. The minimum atomic E-state index is -0.823. The predicted octanol–water partition coefficient (Wildman–Crippen LogP) is -0.376. The molecule has 1 N–H and O–H groups in total. The van der Waals surface area contributed by atoms with Crippen molar-refractivity contribution in [2.75, 3.05) is 27.2 Å². The first-order valence-corrected chi connectivity index (χ1v) is 4.69. The van der Waals surface area contributed by atoms with Gasteiger partial charge >= 0.3 is 5.97 Å². The number of aliphatic carboxylic acids is 1. The summed E-state index contributed by atoms with van der Waals surface area (Å²) < 4.78 is 0. The minimum Gasteiger partial charge on any atom is -0.481 e. The Morgan fingerprint density at radius 2 is 2.36 bits per heavy atom. The Morgan fingerprint density at radius 3 is 2.79 bits per heavy atom. The van der Waals surface area contributed by atoms with Gasteiger partial charge in [0.1, 0.15) is 0 Å². The Kier molecular flexibility index (Phi) is 3.46. The Morgan fingerprint density at radius 1 is 1.71 bits per heavy atom. The van der Waals surface area contributed by atoms with Crippen molar-refractivity contribution in [2.24, 2.45) is 0 Å². The molecule has 1 rings (SSSR count). The molecule has 1 unspecified atom stereocenters. The van der Waals surface area contributed by atoms with Crippen LogP contribution < -0.4 is 0 Å². The van der Waals surface area contributed by atoms with E-state index in [2.05, 4.69) is 0 Å². The van der Waals surface area contributed by atoms with E-state index in [0.29, 0.717) is 6.54 Å². The van der Waals surface area contributed by atoms with Crippen LogP contribution in [0.1, 0.15) is 12.8 Å². The quantitative estimate of drug-likeness (QED) is 0.672. The molecule has 1 aliphatic rings. The van der Waals surface area contributed by atoms with E-state index in [1.54, 1.807) is 19.0 Å². The van der Waals surface area contributed by atoms with Crippen molar-refractivity contribution in [1.29, 1.82) is 0 Å². The van der Waals surface area contributed by atoms with Crippen molar-refractivity contribution in [3.63, 3.8) is 0 Å². The largest absolute Gasteiger partial charge is 0.481 e. The fraction of sp³-hybridized carbons (Fsp3) is 0.778. The number of carbonyl (C=O) groups excluding carboxylic acids is 1. The van der Waals surface area contributed by atoms with Crippen LogP contribution in [0.15, 0.2) is 0 Å². The first-order valence-electron chi connectivity index (χ1n) is 4.69. The zero-order valence-electron chi connectivity index (χ0n) is 8.56. The number of nitrogens with zero attached hydrogens (tertiary/aromatic N) is 2. The summed E-state index contributed by atoms with van der Waals surface area (Å²) >= 11 is 0. The zero-order chi connectivity index (χ0) is 10.7. The minimum absolute atomic E-state index is 0.0873. The maximum Gasteiger partial charge on any atom is 0.304 e. The zero-order valence-corrected chi connectivity index (χ0v) is 8.56. The third-order valence-corrected chi connectivity index (χ3v) is 2.61. The lowest BCUT2D eigenvalue weighted by atomic mass is 10.2. The van der Waals surface area contributed by atoms with Gasteiger partial charge < -0.3 is 10.0 Å². The van der Waals surface area contributed by atoms with E-state index in [4.69, 9.17) is 5.11 Å². The van der Waals surface area contributed by atoms with Gasteiger partial charge in [0.25, 0.3) is 0 Å². The van der Waals surface area contributed by atoms with Crippen LogP contribution in [0.2, 0.25) is 0 Å². The fourth-order valence-electron chi connectivity index (χ4n) is 1.64. The molecular weight excluding hydrogens is 184 g/mol. The van der Waals surface area contributed by atoms with Crippen LogP contribution in [-0.2, 0) is 9.59 Å². The average Bonchev–Trinajstić information content (AvgIpc) is 2.44. The highest BCUT2D eigenvalue weighted by Crippen LogP contribution is 2.14. The molecule has 0 aromatic carbocycles. The van der Waals surface area contributed by atoms with E-state index < -0.39 is 5.97 Å². The molecule has 1 amide bonds. The molecule has 0 saturated carbocycles. The molecule has 0 bridgehead atoms. The Balaban J connectivity index is 2.41. The van der Waals surface area contributed by atoms with Gasteiger partial charge in [0, 0.05) is 20.1 Å².